The van der Waals surface area contributed by atoms with Crippen molar-refractivity contribution in [1.29, 1.82) is 0 Å². The topological polar surface area (TPSA) is 167 Å². The first kappa shape index (κ1) is 54.0. The molecule has 364 valence electrons. The average molecular weight is 918 g/mol. The van der Waals surface area contributed by atoms with Crippen LogP contribution in [0.25, 0.3) is 0 Å². The molecule has 2 saturated heterocycles. The first-order valence-corrected chi connectivity index (χ1v) is 26.7. The van der Waals surface area contributed by atoms with E-state index in [0.29, 0.717) is 51.4 Å². The van der Waals surface area contributed by atoms with Crippen LogP contribution in [0.15, 0.2) is 36.0 Å². The number of piperidine rings is 1. The van der Waals surface area contributed by atoms with E-state index in [4.69, 9.17) is 28.1 Å². The van der Waals surface area contributed by atoms with Gasteiger partial charge < -0.3 is 43.2 Å². The van der Waals surface area contributed by atoms with Crippen LogP contribution in [-0.4, -0.2) is 129 Å². The van der Waals surface area contributed by atoms with Crippen LogP contribution in [0.1, 0.15) is 126 Å². The number of ether oxygens (including phenoxy) is 5. The van der Waals surface area contributed by atoms with Gasteiger partial charge in [-0.05, 0) is 114 Å². The Labute approximate surface area is 385 Å². The molecule has 1 amide bonds. The summed E-state index contributed by atoms with van der Waals surface area (Å²) in [4.78, 5) is 59.7. The Kier molecular flexibility index (Phi) is 19.4. The summed E-state index contributed by atoms with van der Waals surface area (Å²) >= 11 is 0. The number of rotatable bonds is 9. The number of amides is 1. The SMILES string of the molecule is C=CCC1C=C(C)CC(C)CC(OC)C2OC(O)(C(=O)C(=O)N3CCCCC3C(=O)OC(C(C)=CC3CCC(O)C(OC)C3)C(C)C(O[Si](C)(C)C(C)(C)C)CC1=O)C(C)CC2OC. The van der Waals surface area contributed by atoms with Gasteiger partial charge in [0, 0.05) is 52.0 Å². The van der Waals surface area contributed by atoms with E-state index >= 15 is 0 Å². The molecule has 14 atom stereocenters. The number of carbonyl (C=O) groups is 4. The number of fused-ring (bicyclic) bond motifs is 3. The third-order valence-electron chi connectivity index (χ3n) is 15.1. The third kappa shape index (κ3) is 12.9. The van der Waals surface area contributed by atoms with Crippen molar-refractivity contribution >= 4 is 31.8 Å². The summed E-state index contributed by atoms with van der Waals surface area (Å²) in [6.45, 7) is 24.5. The summed E-state index contributed by atoms with van der Waals surface area (Å²) in [5, 5.41) is 22.6. The van der Waals surface area contributed by atoms with Gasteiger partial charge in [-0.1, -0.05) is 65.3 Å². The van der Waals surface area contributed by atoms with Crippen LogP contribution in [0.4, 0.5) is 0 Å². The molecule has 3 fully saturated rings. The van der Waals surface area contributed by atoms with E-state index in [1.54, 1.807) is 34.3 Å². The van der Waals surface area contributed by atoms with E-state index in [9.17, 15) is 29.4 Å². The number of Topliss-reactive ketones (excluding diaryl/α,β-unsaturated/α-hetero) is 2. The Morgan fingerprint density at radius 1 is 0.938 bits per heavy atom. The molecule has 14 unspecified atom stereocenters. The van der Waals surface area contributed by atoms with Crippen LogP contribution in [0.5, 0.6) is 0 Å². The van der Waals surface area contributed by atoms with Gasteiger partial charge in [0.25, 0.3) is 11.7 Å². The highest BCUT2D eigenvalue weighted by Gasteiger charge is 2.57. The van der Waals surface area contributed by atoms with Gasteiger partial charge in [-0.25, -0.2) is 4.79 Å². The zero-order valence-electron chi connectivity index (χ0n) is 41.4. The van der Waals surface area contributed by atoms with Crippen LogP contribution < -0.4 is 0 Å². The normalized spacial score (nSPS) is 37.5. The standard InChI is InChI=1S/C50H83NO12Si/c1-15-18-36-24-30(2)23-31(3)25-42(59-11)45-43(60-12)27-33(5)50(57,62-45)46(54)47(55)51-22-17-16-19-37(51)48(56)61-44(32(4)26-35-20-21-38(52)41(28-35)58-10)34(6)40(29-39(36)53)63-64(13,14)49(7,8)9/h15,24,26,31,33-38,40-45,52,57H,1,16-23,25,27-29H2,2-14H3. The molecule has 3 heterocycles. The first-order chi connectivity index (χ1) is 29.9. The molecular weight excluding hydrogens is 835 g/mol. The van der Waals surface area contributed by atoms with E-state index in [2.05, 4.69) is 53.4 Å². The Hall–Kier alpha value is -2.56. The Morgan fingerprint density at radius 3 is 2.19 bits per heavy atom. The molecule has 14 heteroatoms. The lowest BCUT2D eigenvalue weighted by Crippen LogP contribution is -2.64. The molecule has 4 aliphatic rings. The van der Waals surface area contributed by atoms with Gasteiger partial charge in [-0.15, -0.1) is 6.58 Å². The fourth-order valence-electron chi connectivity index (χ4n) is 10.1. The quantitative estimate of drug-likeness (QED) is 0.100. The van der Waals surface area contributed by atoms with Crippen molar-refractivity contribution in [3.63, 3.8) is 0 Å². The molecule has 0 aromatic rings. The summed E-state index contributed by atoms with van der Waals surface area (Å²) < 4.78 is 37.6. The smallest absolute Gasteiger partial charge is 0.329 e. The summed E-state index contributed by atoms with van der Waals surface area (Å²) in [6, 6.07) is -1.12. The predicted octanol–water partition coefficient (Wildman–Crippen LogP) is 7.67. The van der Waals surface area contributed by atoms with Crippen LogP contribution in [0.3, 0.4) is 0 Å². The molecule has 2 bridgehead atoms. The van der Waals surface area contributed by atoms with Crippen molar-refractivity contribution in [2.24, 2.45) is 29.6 Å². The van der Waals surface area contributed by atoms with Gasteiger partial charge in [-0.3, -0.25) is 14.4 Å². The van der Waals surface area contributed by atoms with Gasteiger partial charge in [0.1, 0.15) is 24.0 Å². The second kappa shape index (κ2) is 23.0. The molecule has 1 saturated carbocycles. The minimum atomic E-state index is -2.55. The Bertz CT molecular complexity index is 1690. The number of hydrogen-bond acceptors (Lipinski definition) is 12. The fraction of sp³-hybridized carbons (Fsp3) is 0.800. The average Bonchev–Trinajstić information content (AvgIpc) is 3.23. The second-order valence-corrected chi connectivity index (χ2v) is 25.9. The second-order valence-electron chi connectivity index (χ2n) is 21.1. The van der Waals surface area contributed by atoms with Crippen molar-refractivity contribution < 1.29 is 57.5 Å². The molecule has 0 radical (unpaired) electrons. The van der Waals surface area contributed by atoms with Crippen molar-refractivity contribution in [3.05, 3.63) is 36.0 Å². The monoisotopic (exact) mass is 918 g/mol. The highest BCUT2D eigenvalue weighted by Crippen LogP contribution is 2.42. The number of nitrogens with zero attached hydrogens (tertiary/aromatic N) is 1. The summed E-state index contributed by atoms with van der Waals surface area (Å²) in [5.74, 6) is -7.14. The van der Waals surface area contributed by atoms with Crippen LogP contribution >= 0.6 is 0 Å². The van der Waals surface area contributed by atoms with Crippen molar-refractivity contribution in [3.8, 4) is 0 Å². The van der Waals surface area contributed by atoms with Gasteiger partial charge >= 0.3 is 5.97 Å². The lowest BCUT2D eigenvalue weighted by Gasteiger charge is -2.47. The van der Waals surface area contributed by atoms with Crippen LogP contribution in [-0.2, 0) is 47.3 Å². The molecule has 0 spiro atoms. The molecule has 0 aromatic carbocycles. The lowest BCUT2D eigenvalue weighted by molar-refractivity contribution is -0.302. The number of esters is 1. The first-order valence-electron chi connectivity index (χ1n) is 23.8. The molecule has 64 heavy (non-hydrogen) atoms. The maximum absolute atomic E-state index is 14.8. The number of allylic oxidation sites excluding steroid dienone is 4. The van der Waals surface area contributed by atoms with E-state index in [1.807, 2.05) is 26.8 Å². The molecule has 2 N–H and O–H groups in total. The van der Waals surface area contributed by atoms with Gasteiger partial charge in [0.15, 0.2) is 8.32 Å². The van der Waals surface area contributed by atoms with Crippen molar-refractivity contribution in [1.82, 2.24) is 4.90 Å². The fourth-order valence-corrected chi connectivity index (χ4v) is 11.5. The number of aliphatic hydroxyl groups is 2. The van der Waals surface area contributed by atoms with E-state index in [-0.39, 0.29) is 54.6 Å². The lowest BCUT2D eigenvalue weighted by atomic mass is 9.81. The molecule has 3 aliphatic heterocycles. The minimum absolute atomic E-state index is 0.00597. The number of cyclic esters (lactones) is 1. The number of carbonyl (C=O) groups excluding carboxylic acids is 4. The minimum Gasteiger partial charge on any atom is -0.456 e. The van der Waals surface area contributed by atoms with E-state index in [1.165, 1.54) is 4.90 Å². The summed E-state index contributed by atoms with van der Waals surface area (Å²) in [7, 11) is 2.14. The number of hydrogen-bond donors (Lipinski definition) is 2. The zero-order chi connectivity index (χ0) is 47.9. The van der Waals surface area contributed by atoms with Gasteiger partial charge in [0.2, 0.25) is 5.79 Å². The highest BCUT2D eigenvalue weighted by atomic mass is 28.4. The van der Waals surface area contributed by atoms with Gasteiger partial charge in [-0.2, -0.15) is 0 Å². The molecule has 1 aliphatic carbocycles. The summed E-state index contributed by atoms with van der Waals surface area (Å²) in [6.07, 6.45) is 6.43. The number of methoxy groups -OCH3 is 3. The molecule has 13 nitrogen and oxygen atoms in total. The Morgan fingerprint density at radius 2 is 1.58 bits per heavy atom. The highest BCUT2D eigenvalue weighted by molar-refractivity contribution is 6.74. The maximum Gasteiger partial charge on any atom is 0.329 e. The van der Waals surface area contributed by atoms with E-state index < -0.39 is 92.2 Å². The number of ketones is 2. The van der Waals surface area contributed by atoms with Gasteiger partial charge in [0.05, 0.1) is 30.5 Å². The molecule has 4 rings (SSSR count). The van der Waals surface area contributed by atoms with Crippen LogP contribution in [0, 0.1) is 29.6 Å². The summed E-state index contributed by atoms with van der Waals surface area (Å²) in [5.41, 5.74) is 1.77. The molecule has 0 aromatic heterocycles. The third-order valence-corrected chi connectivity index (χ3v) is 19.6. The van der Waals surface area contributed by atoms with E-state index in [0.717, 1.165) is 11.1 Å². The van der Waals surface area contributed by atoms with Crippen molar-refractivity contribution in [2.75, 3.05) is 27.9 Å². The zero-order valence-corrected chi connectivity index (χ0v) is 42.4. The molecular formula is C50H83NO12Si. The maximum atomic E-state index is 14.8. The Balaban J connectivity index is 1.90. The van der Waals surface area contributed by atoms with Crippen molar-refractivity contribution in [2.45, 2.75) is 199 Å². The number of aliphatic hydroxyl groups excluding tert-OH is 1. The predicted molar refractivity (Wildman–Crippen MR) is 249 cm³/mol. The van der Waals surface area contributed by atoms with Crippen LogP contribution in [0.2, 0.25) is 18.1 Å². The largest absolute Gasteiger partial charge is 0.456 e.